The molecule has 1 heteroatoms. The van der Waals surface area contributed by atoms with Gasteiger partial charge in [-0.1, -0.05) is 92.7 Å². The smallest absolute Gasteiger partial charge is 0.0384 e. The van der Waals surface area contributed by atoms with Crippen molar-refractivity contribution in [1.29, 1.82) is 0 Å². The van der Waals surface area contributed by atoms with Gasteiger partial charge in [-0.3, -0.25) is 0 Å². The molecular formula is C29H29N. The molecule has 0 amide bonds. The predicted octanol–water partition coefficient (Wildman–Crippen LogP) is 7.74. The lowest BCUT2D eigenvalue weighted by Crippen LogP contribution is -1.97. The molecule has 0 aromatic heterocycles. The summed E-state index contributed by atoms with van der Waals surface area (Å²) in [5, 5.41) is 3.52. The maximum atomic E-state index is 3.52. The van der Waals surface area contributed by atoms with Crippen LogP contribution in [0.4, 0.5) is 11.4 Å². The molecule has 0 radical (unpaired) electrons. The van der Waals surface area contributed by atoms with Crippen LogP contribution >= 0.6 is 0 Å². The van der Waals surface area contributed by atoms with Gasteiger partial charge in [0.25, 0.3) is 0 Å². The summed E-state index contributed by atoms with van der Waals surface area (Å²) in [5.41, 5.74) is 8.98. The second-order valence-corrected chi connectivity index (χ2v) is 7.92. The van der Waals surface area contributed by atoms with Gasteiger partial charge in [0.15, 0.2) is 0 Å². The topological polar surface area (TPSA) is 12.0 Å². The lowest BCUT2D eigenvalue weighted by molar-refractivity contribution is 0.923. The van der Waals surface area contributed by atoms with Gasteiger partial charge >= 0.3 is 0 Å². The number of hydrogen-bond donors (Lipinski definition) is 1. The molecule has 0 bridgehead atoms. The van der Waals surface area contributed by atoms with Crippen molar-refractivity contribution in [2.24, 2.45) is 0 Å². The first-order valence-corrected chi connectivity index (χ1v) is 10.8. The predicted molar refractivity (Wildman–Crippen MR) is 129 cm³/mol. The number of hydrogen-bond acceptors (Lipinski definition) is 1. The fourth-order valence-corrected chi connectivity index (χ4v) is 3.79. The molecule has 0 heterocycles. The average molecular weight is 392 g/mol. The van der Waals surface area contributed by atoms with Crippen molar-refractivity contribution in [2.45, 2.75) is 32.6 Å². The molecule has 4 aromatic rings. The van der Waals surface area contributed by atoms with Crippen molar-refractivity contribution in [2.75, 3.05) is 5.32 Å². The zero-order valence-electron chi connectivity index (χ0n) is 17.8. The molecule has 4 aromatic carbocycles. The first-order chi connectivity index (χ1) is 14.7. The van der Waals surface area contributed by atoms with Gasteiger partial charge in [0, 0.05) is 17.3 Å². The summed E-state index contributed by atoms with van der Waals surface area (Å²) in [5.74, 6) is 0.394. The van der Waals surface area contributed by atoms with E-state index in [1.54, 1.807) is 0 Å². The Balaban J connectivity index is 1.38. The van der Waals surface area contributed by atoms with Crippen molar-refractivity contribution in [3.8, 4) is 0 Å². The van der Waals surface area contributed by atoms with Gasteiger partial charge < -0.3 is 5.32 Å². The first kappa shape index (κ1) is 20.0. The van der Waals surface area contributed by atoms with Crippen LogP contribution in [-0.4, -0.2) is 0 Å². The normalized spacial score (nSPS) is 11.8. The maximum Gasteiger partial charge on any atom is 0.0384 e. The minimum absolute atomic E-state index is 0.394. The van der Waals surface area contributed by atoms with Crippen molar-refractivity contribution >= 4 is 11.4 Å². The number of anilines is 2. The summed E-state index contributed by atoms with van der Waals surface area (Å²) >= 11 is 0. The minimum atomic E-state index is 0.394. The van der Waals surface area contributed by atoms with Crippen LogP contribution in [0.15, 0.2) is 103 Å². The average Bonchev–Trinajstić information content (AvgIpc) is 2.81. The molecule has 150 valence electrons. The van der Waals surface area contributed by atoms with E-state index in [1.165, 1.54) is 27.8 Å². The van der Waals surface area contributed by atoms with Crippen LogP contribution in [-0.2, 0) is 12.8 Å². The maximum absolute atomic E-state index is 3.52. The third-order valence-corrected chi connectivity index (χ3v) is 5.79. The highest BCUT2D eigenvalue weighted by atomic mass is 14.9. The molecule has 4 rings (SSSR count). The van der Waals surface area contributed by atoms with Crippen LogP contribution in [0.25, 0.3) is 0 Å². The molecule has 0 aliphatic heterocycles. The van der Waals surface area contributed by atoms with Crippen LogP contribution < -0.4 is 5.32 Å². The second-order valence-electron chi connectivity index (χ2n) is 7.92. The van der Waals surface area contributed by atoms with Crippen LogP contribution in [0.1, 0.15) is 47.6 Å². The highest BCUT2D eigenvalue weighted by Crippen LogP contribution is 2.26. The SMILES string of the molecule is CCc1ccc(Cc2ccc(Nc3ccc(C(C)c4ccccc4)cc3)cc2)cc1. The fourth-order valence-electron chi connectivity index (χ4n) is 3.79. The standard InChI is InChI=1S/C29H29N/c1-3-23-9-11-24(12-10-23)21-25-13-17-28(18-14-25)30-29-19-15-27(16-20-29)22(2)26-7-5-4-6-8-26/h4-20,22,30H,3,21H2,1-2H3. The Morgan fingerprint density at radius 3 is 1.60 bits per heavy atom. The van der Waals surface area contributed by atoms with Crippen molar-refractivity contribution in [3.05, 3.63) is 131 Å². The Hall–Kier alpha value is -3.32. The van der Waals surface area contributed by atoms with Gasteiger partial charge in [-0.2, -0.15) is 0 Å². The van der Waals surface area contributed by atoms with E-state index >= 15 is 0 Å². The van der Waals surface area contributed by atoms with Crippen molar-refractivity contribution in [1.82, 2.24) is 0 Å². The zero-order chi connectivity index (χ0) is 20.8. The number of nitrogens with one attached hydrogen (secondary N) is 1. The Morgan fingerprint density at radius 1 is 0.567 bits per heavy atom. The largest absolute Gasteiger partial charge is 0.356 e. The van der Waals surface area contributed by atoms with E-state index in [0.29, 0.717) is 5.92 Å². The van der Waals surface area contributed by atoms with E-state index in [2.05, 4.69) is 122 Å². The van der Waals surface area contributed by atoms with E-state index < -0.39 is 0 Å². The highest BCUT2D eigenvalue weighted by molar-refractivity contribution is 5.60. The minimum Gasteiger partial charge on any atom is -0.356 e. The quantitative estimate of drug-likeness (QED) is 0.340. The van der Waals surface area contributed by atoms with Gasteiger partial charge in [0.05, 0.1) is 0 Å². The fraction of sp³-hybridized carbons (Fsp3) is 0.172. The molecule has 0 aliphatic carbocycles. The molecule has 0 saturated carbocycles. The van der Waals surface area contributed by atoms with Gasteiger partial charge in [0.2, 0.25) is 0 Å². The van der Waals surface area contributed by atoms with Crippen LogP contribution in [0.3, 0.4) is 0 Å². The van der Waals surface area contributed by atoms with Gasteiger partial charge in [-0.15, -0.1) is 0 Å². The molecular weight excluding hydrogens is 362 g/mol. The second kappa shape index (κ2) is 9.45. The summed E-state index contributed by atoms with van der Waals surface area (Å²) in [4.78, 5) is 0. The lowest BCUT2D eigenvalue weighted by Gasteiger charge is -2.14. The molecule has 0 aliphatic rings. The molecule has 1 unspecified atom stereocenters. The molecule has 1 N–H and O–H groups in total. The number of aryl methyl sites for hydroxylation is 1. The van der Waals surface area contributed by atoms with Gasteiger partial charge in [0.1, 0.15) is 0 Å². The first-order valence-electron chi connectivity index (χ1n) is 10.8. The molecule has 0 saturated heterocycles. The third kappa shape index (κ3) is 4.99. The Bertz CT molecular complexity index is 1050. The summed E-state index contributed by atoms with van der Waals surface area (Å²) < 4.78 is 0. The van der Waals surface area contributed by atoms with E-state index in [4.69, 9.17) is 0 Å². The number of rotatable bonds is 7. The van der Waals surface area contributed by atoms with Crippen LogP contribution in [0.5, 0.6) is 0 Å². The zero-order valence-corrected chi connectivity index (χ0v) is 17.8. The third-order valence-electron chi connectivity index (χ3n) is 5.79. The summed E-state index contributed by atoms with van der Waals surface area (Å²) in [6, 6.07) is 37.1. The Labute approximate surface area is 180 Å². The summed E-state index contributed by atoms with van der Waals surface area (Å²) in [7, 11) is 0. The summed E-state index contributed by atoms with van der Waals surface area (Å²) in [6.45, 7) is 4.45. The molecule has 1 nitrogen and oxygen atoms in total. The highest BCUT2D eigenvalue weighted by Gasteiger charge is 2.07. The lowest BCUT2D eigenvalue weighted by atomic mass is 9.93. The molecule has 0 fully saturated rings. The van der Waals surface area contributed by atoms with E-state index in [0.717, 1.165) is 24.2 Å². The number of benzene rings is 4. The molecule has 1 atom stereocenters. The Kier molecular flexibility index (Phi) is 6.29. The van der Waals surface area contributed by atoms with Crippen LogP contribution in [0, 0.1) is 0 Å². The van der Waals surface area contributed by atoms with Crippen molar-refractivity contribution in [3.63, 3.8) is 0 Å². The molecule has 0 spiro atoms. The van der Waals surface area contributed by atoms with E-state index in [1.807, 2.05) is 0 Å². The van der Waals surface area contributed by atoms with Crippen LogP contribution in [0.2, 0.25) is 0 Å². The van der Waals surface area contributed by atoms with E-state index in [-0.39, 0.29) is 0 Å². The monoisotopic (exact) mass is 391 g/mol. The summed E-state index contributed by atoms with van der Waals surface area (Å²) in [6.07, 6.45) is 2.06. The van der Waals surface area contributed by atoms with Gasteiger partial charge in [-0.05, 0) is 64.9 Å². The Morgan fingerprint density at radius 2 is 1.03 bits per heavy atom. The van der Waals surface area contributed by atoms with Crippen molar-refractivity contribution < 1.29 is 0 Å². The van der Waals surface area contributed by atoms with E-state index in [9.17, 15) is 0 Å². The van der Waals surface area contributed by atoms with Gasteiger partial charge in [-0.25, -0.2) is 0 Å². The molecule has 30 heavy (non-hydrogen) atoms.